The van der Waals surface area contributed by atoms with Crippen LogP contribution >= 0.6 is 11.3 Å². The Bertz CT molecular complexity index is 943. The first-order chi connectivity index (χ1) is 13.0. The predicted molar refractivity (Wildman–Crippen MR) is 104 cm³/mol. The summed E-state index contributed by atoms with van der Waals surface area (Å²) in [4.78, 5) is 28.2. The fourth-order valence-electron chi connectivity index (χ4n) is 2.65. The number of hydrogen-bond acceptors (Lipinski definition) is 4. The van der Waals surface area contributed by atoms with E-state index in [9.17, 15) is 14.0 Å². The number of nitrogens with zero attached hydrogens (tertiary/aromatic N) is 1. The van der Waals surface area contributed by atoms with Crippen molar-refractivity contribution in [2.24, 2.45) is 0 Å². The number of halogens is 1. The molecule has 3 rings (SSSR count). The first-order valence-corrected chi connectivity index (χ1v) is 9.22. The van der Waals surface area contributed by atoms with Crippen LogP contribution in [0.5, 0.6) is 0 Å². The summed E-state index contributed by atoms with van der Waals surface area (Å²) >= 11 is 1.26. The number of aromatic nitrogens is 1. The molecular formula is C20H18FN3O2S. The van der Waals surface area contributed by atoms with Crippen molar-refractivity contribution in [3.05, 3.63) is 71.4 Å². The standard InChI is InChI=1S/C20H18FN3O2S/c1-13(25)22-17(14-6-3-2-4-7-14)11-19(26)24-20-23-18(12-27-20)15-8-5-9-16(21)10-15/h2-10,12,17H,11H2,1H3,(H,22,25)(H,23,24,26). The number of carbonyl (C=O) groups excluding carboxylic acids is 2. The minimum atomic E-state index is -0.425. The molecule has 0 aliphatic carbocycles. The van der Waals surface area contributed by atoms with E-state index in [4.69, 9.17) is 0 Å². The van der Waals surface area contributed by atoms with E-state index < -0.39 is 6.04 Å². The molecule has 0 spiro atoms. The van der Waals surface area contributed by atoms with E-state index in [1.54, 1.807) is 17.5 Å². The van der Waals surface area contributed by atoms with E-state index in [2.05, 4.69) is 15.6 Å². The number of anilines is 1. The molecule has 0 saturated carbocycles. The number of rotatable bonds is 6. The number of hydrogen-bond donors (Lipinski definition) is 2. The molecule has 0 bridgehead atoms. The van der Waals surface area contributed by atoms with Gasteiger partial charge in [0.15, 0.2) is 5.13 Å². The van der Waals surface area contributed by atoms with Crippen LogP contribution in [0.1, 0.15) is 24.9 Å². The lowest BCUT2D eigenvalue weighted by Gasteiger charge is -2.17. The molecule has 1 atom stereocenters. The number of amides is 2. The highest BCUT2D eigenvalue weighted by molar-refractivity contribution is 7.14. The maximum absolute atomic E-state index is 13.3. The molecule has 1 heterocycles. The van der Waals surface area contributed by atoms with Gasteiger partial charge >= 0.3 is 0 Å². The lowest BCUT2D eigenvalue weighted by molar-refractivity contribution is -0.120. The quantitative estimate of drug-likeness (QED) is 0.672. The SMILES string of the molecule is CC(=O)NC(CC(=O)Nc1nc(-c2cccc(F)c2)cs1)c1ccccc1. The van der Waals surface area contributed by atoms with Crippen LogP contribution in [0.4, 0.5) is 9.52 Å². The van der Waals surface area contributed by atoms with Crippen molar-refractivity contribution in [2.75, 3.05) is 5.32 Å². The summed E-state index contributed by atoms with van der Waals surface area (Å²) in [7, 11) is 0. The Hall–Kier alpha value is -3.06. The maximum atomic E-state index is 13.3. The second-order valence-electron chi connectivity index (χ2n) is 5.96. The Kier molecular flexibility index (Phi) is 5.93. The zero-order valence-corrected chi connectivity index (χ0v) is 15.4. The summed E-state index contributed by atoms with van der Waals surface area (Å²) in [6.45, 7) is 1.42. The largest absolute Gasteiger partial charge is 0.349 e. The van der Waals surface area contributed by atoms with E-state index in [0.29, 0.717) is 16.4 Å². The first kappa shape index (κ1) is 18.7. The average Bonchev–Trinajstić information content (AvgIpc) is 3.10. The minimum absolute atomic E-state index is 0.0818. The molecule has 2 amide bonds. The highest BCUT2D eigenvalue weighted by Gasteiger charge is 2.18. The van der Waals surface area contributed by atoms with Crippen molar-refractivity contribution in [3.8, 4) is 11.3 Å². The third kappa shape index (κ3) is 5.21. The zero-order chi connectivity index (χ0) is 19.2. The summed E-state index contributed by atoms with van der Waals surface area (Å²) in [5.41, 5.74) is 2.09. The van der Waals surface area contributed by atoms with E-state index in [1.165, 1.54) is 30.4 Å². The van der Waals surface area contributed by atoms with Gasteiger partial charge in [0.2, 0.25) is 11.8 Å². The number of thiazole rings is 1. The lowest BCUT2D eigenvalue weighted by atomic mass is 10.0. The Morgan fingerprint density at radius 3 is 2.63 bits per heavy atom. The number of carbonyl (C=O) groups is 2. The molecule has 0 fully saturated rings. The Balaban J connectivity index is 1.68. The van der Waals surface area contributed by atoms with Crippen LogP contribution in [-0.2, 0) is 9.59 Å². The smallest absolute Gasteiger partial charge is 0.228 e. The third-order valence-electron chi connectivity index (χ3n) is 3.84. The van der Waals surface area contributed by atoms with Crippen LogP contribution in [0.25, 0.3) is 11.3 Å². The van der Waals surface area contributed by atoms with Gasteiger partial charge in [-0.05, 0) is 17.7 Å². The van der Waals surface area contributed by atoms with Crippen molar-refractivity contribution in [3.63, 3.8) is 0 Å². The molecule has 27 heavy (non-hydrogen) atoms. The van der Waals surface area contributed by atoms with Crippen LogP contribution in [0.3, 0.4) is 0 Å². The van der Waals surface area contributed by atoms with Gasteiger partial charge in [-0.1, -0.05) is 42.5 Å². The van der Waals surface area contributed by atoms with Gasteiger partial charge in [0.05, 0.1) is 18.2 Å². The van der Waals surface area contributed by atoms with Gasteiger partial charge in [-0.25, -0.2) is 9.37 Å². The van der Waals surface area contributed by atoms with Gasteiger partial charge in [-0.3, -0.25) is 9.59 Å². The van der Waals surface area contributed by atoms with Crippen LogP contribution < -0.4 is 10.6 Å². The molecular weight excluding hydrogens is 365 g/mol. The van der Waals surface area contributed by atoms with E-state index in [1.807, 2.05) is 30.3 Å². The molecule has 3 aromatic rings. The summed E-state index contributed by atoms with van der Waals surface area (Å²) in [5, 5.41) is 7.72. The molecule has 2 aromatic carbocycles. The first-order valence-electron chi connectivity index (χ1n) is 8.34. The van der Waals surface area contributed by atoms with E-state index >= 15 is 0 Å². The highest BCUT2D eigenvalue weighted by Crippen LogP contribution is 2.26. The van der Waals surface area contributed by atoms with Crippen LogP contribution in [-0.4, -0.2) is 16.8 Å². The van der Waals surface area contributed by atoms with Crippen molar-refractivity contribution in [1.82, 2.24) is 10.3 Å². The van der Waals surface area contributed by atoms with Gasteiger partial charge in [0.25, 0.3) is 0 Å². The molecule has 0 aliphatic rings. The lowest BCUT2D eigenvalue weighted by Crippen LogP contribution is -2.29. The molecule has 0 aliphatic heterocycles. The predicted octanol–water partition coefficient (Wildman–Crippen LogP) is 4.16. The van der Waals surface area contributed by atoms with Gasteiger partial charge in [0, 0.05) is 17.9 Å². The van der Waals surface area contributed by atoms with E-state index in [0.717, 1.165) is 5.56 Å². The molecule has 2 N–H and O–H groups in total. The molecule has 0 saturated heterocycles. The Morgan fingerprint density at radius 1 is 1.15 bits per heavy atom. The maximum Gasteiger partial charge on any atom is 0.228 e. The minimum Gasteiger partial charge on any atom is -0.349 e. The van der Waals surface area contributed by atoms with Crippen molar-refractivity contribution >= 4 is 28.3 Å². The summed E-state index contributed by atoms with van der Waals surface area (Å²) in [5.74, 6) is -0.816. The van der Waals surface area contributed by atoms with Gasteiger partial charge < -0.3 is 10.6 Å². The third-order valence-corrected chi connectivity index (χ3v) is 4.60. The highest BCUT2D eigenvalue weighted by atomic mass is 32.1. The molecule has 138 valence electrons. The summed E-state index contributed by atoms with van der Waals surface area (Å²) < 4.78 is 13.3. The van der Waals surface area contributed by atoms with Crippen LogP contribution in [0.15, 0.2) is 60.0 Å². The molecule has 1 aromatic heterocycles. The Labute approximate surface area is 160 Å². The summed E-state index contributed by atoms with van der Waals surface area (Å²) in [6, 6.07) is 15.0. The van der Waals surface area contributed by atoms with Crippen molar-refractivity contribution in [2.45, 2.75) is 19.4 Å². The zero-order valence-electron chi connectivity index (χ0n) is 14.6. The van der Waals surface area contributed by atoms with Gasteiger partial charge in [-0.2, -0.15) is 0 Å². The van der Waals surface area contributed by atoms with Gasteiger partial charge in [-0.15, -0.1) is 11.3 Å². The van der Waals surface area contributed by atoms with Gasteiger partial charge in [0.1, 0.15) is 5.82 Å². The van der Waals surface area contributed by atoms with Crippen molar-refractivity contribution < 1.29 is 14.0 Å². The average molecular weight is 383 g/mol. The second-order valence-corrected chi connectivity index (χ2v) is 6.82. The fraction of sp³-hybridized carbons (Fsp3) is 0.150. The second kappa shape index (κ2) is 8.55. The fourth-order valence-corrected chi connectivity index (χ4v) is 3.39. The molecule has 5 nitrogen and oxygen atoms in total. The number of benzene rings is 2. The topological polar surface area (TPSA) is 71.1 Å². The van der Waals surface area contributed by atoms with Crippen molar-refractivity contribution in [1.29, 1.82) is 0 Å². The van der Waals surface area contributed by atoms with E-state index in [-0.39, 0.29) is 24.1 Å². The Morgan fingerprint density at radius 2 is 1.93 bits per heavy atom. The normalized spacial score (nSPS) is 11.6. The molecule has 7 heteroatoms. The van der Waals surface area contributed by atoms with Crippen LogP contribution in [0, 0.1) is 5.82 Å². The summed E-state index contributed by atoms with van der Waals surface area (Å²) in [6.07, 6.45) is 0.0818. The number of nitrogens with one attached hydrogen (secondary N) is 2. The molecule has 0 radical (unpaired) electrons. The monoisotopic (exact) mass is 383 g/mol. The van der Waals surface area contributed by atoms with Crippen LogP contribution in [0.2, 0.25) is 0 Å². The molecule has 1 unspecified atom stereocenters.